The largest absolute Gasteiger partial charge is 0.444 e. The van der Waals surface area contributed by atoms with Crippen LogP contribution < -0.4 is 10.6 Å². The Bertz CT molecular complexity index is 385. The molecule has 0 saturated carbocycles. The fourth-order valence-electron chi connectivity index (χ4n) is 1.64. The van der Waals surface area contributed by atoms with Crippen LogP contribution in [-0.4, -0.2) is 24.3 Å². The lowest BCUT2D eigenvalue weighted by molar-refractivity contribution is -0.631. The topological polar surface area (TPSA) is 53.9 Å². The van der Waals surface area contributed by atoms with Crippen molar-refractivity contribution in [1.82, 2.24) is 5.32 Å². The van der Waals surface area contributed by atoms with Crippen LogP contribution in [0.4, 0.5) is 4.79 Å². The van der Waals surface area contributed by atoms with E-state index < -0.39 is 11.7 Å². The summed E-state index contributed by atoms with van der Waals surface area (Å²) in [6, 6.07) is 10.2. The van der Waals surface area contributed by atoms with Crippen LogP contribution in [-0.2, 0) is 11.2 Å². The first-order chi connectivity index (χ1) is 8.90. The van der Waals surface area contributed by atoms with Crippen molar-refractivity contribution in [1.29, 1.82) is 0 Å². The number of benzene rings is 1. The molecule has 4 nitrogen and oxygen atoms in total. The van der Waals surface area contributed by atoms with Crippen LogP contribution in [0.15, 0.2) is 30.3 Å². The summed E-state index contributed by atoms with van der Waals surface area (Å²) in [7, 11) is 3.69. The maximum Gasteiger partial charge on any atom is 0.407 e. The molecule has 0 bridgehead atoms. The molecule has 1 rings (SSSR count). The quantitative estimate of drug-likeness (QED) is 0.786. The van der Waals surface area contributed by atoms with Gasteiger partial charge in [-0.2, -0.15) is 0 Å². The SMILES string of the molecule is [CH2-][NH+]C(CNC(=O)OC(C)(C)C)Cc1ccccc1. The predicted molar refractivity (Wildman–Crippen MR) is 74.5 cm³/mol. The van der Waals surface area contributed by atoms with Gasteiger partial charge in [-0.05, 0) is 26.3 Å². The molecular formula is C15H23N2O2. The highest BCUT2D eigenvalue weighted by Gasteiger charge is 2.18. The van der Waals surface area contributed by atoms with Crippen LogP contribution in [0.2, 0.25) is 0 Å². The number of hydrogen-bond donors (Lipinski definition) is 2. The van der Waals surface area contributed by atoms with E-state index in [2.05, 4.69) is 29.8 Å². The summed E-state index contributed by atoms with van der Waals surface area (Å²) in [5, 5.41) is 5.70. The van der Waals surface area contributed by atoms with Crippen molar-refractivity contribution in [2.75, 3.05) is 6.54 Å². The number of nitrogens with one attached hydrogen (secondary N) is 2. The van der Waals surface area contributed by atoms with Crippen LogP contribution in [0, 0.1) is 7.05 Å². The Labute approximate surface area is 115 Å². The third-order valence-corrected chi connectivity index (χ3v) is 2.51. The zero-order chi connectivity index (χ0) is 14.3. The van der Waals surface area contributed by atoms with E-state index >= 15 is 0 Å². The molecule has 0 spiro atoms. The van der Waals surface area contributed by atoms with E-state index in [0.29, 0.717) is 6.54 Å². The van der Waals surface area contributed by atoms with Crippen LogP contribution in [0.5, 0.6) is 0 Å². The minimum absolute atomic E-state index is 0.0786. The molecule has 4 heteroatoms. The first-order valence-corrected chi connectivity index (χ1v) is 6.44. The first-order valence-electron chi connectivity index (χ1n) is 6.44. The maximum atomic E-state index is 11.5. The van der Waals surface area contributed by atoms with Gasteiger partial charge in [-0.3, -0.25) is 0 Å². The molecule has 0 aromatic heterocycles. The van der Waals surface area contributed by atoms with E-state index in [4.69, 9.17) is 4.74 Å². The summed E-state index contributed by atoms with van der Waals surface area (Å²) < 4.78 is 5.18. The average Bonchev–Trinajstić information content (AvgIpc) is 2.33. The van der Waals surface area contributed by atoms with Crippen molar-refractivity contribution in [2.24, 2.45) is 0 Å². The number of hydrogen-bond acceptors (Lipinski definition) is 3. The van der Waals surface area contributed by atoms with Gasteiger partial charge in [0.1, 0.15) is 11.6 Å². The summed E-state index contributed by atoms with van der Waals surface area (Å²) >= 11 is 0. The minimum atomic E-state index is -0.475. The zero-order valence-electron chi connectivity index (χ0n) is 11.9. The van der Waals surface area contributed by atoms with Crippen LogP contribution in [0.3, 0.4) is 0 Å². The van der Waals surface area contributed by atoms with Crippen molar-refractivity contribution in [3.05, 3.63) is 42.9 Å². The molecular weight excluding hydrogens is 240 g/mol. The Morgan fingerprint density at radius 2 is 2.00 bits per heavy atom. The molecule has 1 unspecified atom stereocenters. The molecule has 0 heterocycles. The number of ether oxygens (including phenoxy) is 1. The van der Waals surface area contributed by atoms with Gasteiger partial charge in [-0.15, -0.1) is 7.05 Å². The number of carbonyl (C=O) groups excluding carboxylic acids is 1. The molecule has 0 fully saturated rings. The summed E-state index contributed by atoms with van der Waals surface area (Å²) in [5.74, 6) is 0. The molecule has 0 saturated heterocycles. The Hall–Kier alpha value is -1.55. The smallest absolute Gasteiger partial charge is 0.407 e. The standard InChI is InChI=1S/C15H23N2O2/c1-15(2,3)19-14(18)17-11-13(16-4)10-12-8-6-5-7-9-12/h5-9,13,16H,4,10-11H2,1-3H3,(H,17,18). The highest BCUT2D eigenvalue weighted by molar-refractivity contribution is 5.67. The summed E-state index contributed by atoms with van der Waals surface area (Å²) in [6.45, 7) is 6.00. The molecule has 2 N–H and O–H groups in total. The van der Waals surface area contributed by atoms with Crippen molar-refractivity contribution in [3.8, 4) is 0 Å². The Kier molecular flexibility index (Phi) is 5.83. The van der Waals surface area contributed by atoms with Crippen molar-refractivity contribution < 1.29 is 14.8 Å². The highest BCUT2D eigenvalue weighted by Crippen LogP contribution is 2.06. The van der Waals surface area contributed by atoms with Crippen LogP contribution in [0.1, 0.15) is 26.3 Å². The van der Waals surface area contributed by atoms with Gasteiger partial charge in [0.25, 0.3) is 0 Å². The van der Waals surface area contributed by atoms with E-state index in [1.807, 2.05) is 39.0 Å². The summed E-state index contributed by atoms with van der Waals surface area (Å²) in [5.41, 5.74) is 0.728. The number of alkyl carbamates (subject to hydrolysis) is 1. The molecule has 0 aliphatic heterocycles. The van der Waals surface area contributed by atoms with Crippen molar-refractivity contribution >= 4 is 6.09 Å². The Balaban J connectivity index is 2.39. The molecule has 1 radical (unpaired) electrons. The third-order valence-electron chi connectivity index (χ3n) is 2.51. The van der Waals surface area contributed by atoms with E-state index in [9.17, 15) is 4.79 Å². The lowest BCUT2D eigenvalue weighted by Gasteiger charge is -2.21. The van der Waals surface area contributed by atoms with Crippen LogP contribution in [0.25, 0.3) is 0 Å². The predicted octanol–water partition coefficient (Wildman–Crippen LogP) is 1.26. The minimum Gasteiger partial charge on any atom is -0.444 e. The molecule has 1 amide bonds. The molecule has 0 aliphatic carbocycles. The second kappa shape index (κ2) is 7.14. The average molecular weight is 263 g/mol. The number of amides is 1. The van der Waals surface area contributed by atoms with Gasteiger partial charge in [0, 0.05) is 6.42 Å². The lowest BCUT2D eigenvalue weighted by Crippen LogP contribution is -2.86. The van der Waals surface area contributed by atoms with Gasteiger partial charge in [0.2, 0.25) is 0 Å². The molecule has 1 atom stereocenters. The number of carbonyl (C=O) groups is 1. The zero-order valence-corrected chi connectivity index (χ0v) is 11.9. The third kappa shape index (κ3) is 6.82. The van der Waals surface area contributed by atoms with E-state index in [-0.39, 0.29) is 6.04 Å². The van der Waals surface area contributed by atoms with Crippen molar-refractivity contribution in [3.63, 3.8) is 0 Å². The van der Waals surface area contributed by atoms with Gasteiger partial charge in [-0.25, -0.2) is 4.79 Å². The second-order valence-electron chi connectivity index (χ2n) is 5.47. The molecule has 105 valence electrons. The highest BCUT2D eigenvalue weighted by atomic mass is 16.6. The number of rotatable bonds is 5. The summed E-state index contributed by atoms with van der Waals surface area (Å²) in [4.78, 5) is 11.5. The fourth-order valence-corrected chi connectivity index (χ4v) is 1.64. The second-order valence-corrected chi connectivity index (χ2v) is 5.47. The lowest BCUT2D eigenvalue weighted by atomic mass is 10.1. The van der Waals surface area contributed by atoms with Gasteiger partial charge in [0.15, 0.2) is 0 Å². The van der Waals surface area contributed by atoms with E-state index in [1.54, 1.807) is 0 Å². The van der Waals surface area contributed by atoms with Crippen molar-refractivity contribution in [2.45, 2.75) is 38.8 Å². The Morgan fingerprint density at radius 3 is 2.53 bits per heavy atom. The van der Waals surface area contributed by atoms with Gasteiger partial charge >= 0.3 is 6.09 Å². The van der Waals surface area contributed by atoms with Gasteiger partial charge in [-0.1, -0.05) is 30.3 Å². The molecule has 1 aromatic carbocycles. The summed E-state index contributed by atoms with van der Waals surface area (Å²) in [6.07, 6.45) is 0.404. The maximum absolute atomic E-state index is 11.5. The van der Waals surface area contributed by atoms with Gasteiger partial charge in [0.05, 0.1) is 6.54 Å². The Morgan fingerprint density at radius 1 is 1.37 bits per heavy atom. The normalized spacial score (nSPS) is 12.8. The molecule has 0 aliphatic rings. The van der Waals surface area contributed by atoms with Gasteiger partial charge < -0.3 is 15.4 Å². The van der Waals surface area contributed by atoms with E-state index in [0.717, 1.165) is 6.42 Å². The van der Waals surface area contributed by atoms with E-state index in [1.165, 1.54) is 5.56 Å². The fraction of sp³-hybridized carbons (Fsp3) is 0.467. The van der Waals surface area contributed by atoms with Crippen LogP contribution >= 0.6 is 0 Å². The first kappa shape index (κ1) is 15.5. The molecule has 19 heavy (non-hydrogen) atoms. The molecule has 1 aromatic rings. The monoisotopic (exact) mass is 263 g/mol.